The number of para-hydroxylation sites is 1. The maximum absolute atomic E-state index is 13.3. The van der Waals surface area contributed by atoms with E-state index in [-0.39, 0.29) is 4.90 Å². The summed E-state index contributed by atoms with van der Waals surface area (Å²) in [6.45, 7) is 2.26. The number of hydrogen-bond acceptors (Lipinski definition) is 4. The summed E-state index contributed by atoms with van der Waals surface area (Å²) in [7, 11) is -0.683. The van der Waals surface area contributed by atoms with Crippen LogP contribution in [0.3, 0.4) is 0 Å². The second-order valence-corrected chi connectivity index (χ2v) is 7.56. The zero-order valence-corrected chi connectivity index (χ0v) is 14.9. The number of sulfonamides is 1. The molecule has 1 heterocycles. The molecule has 0 bridgehead atoms. The molecule has 5 nitrogen and oxygen atoms in total. The second kappa shape index (κ2) is 6.36. The molecule has 128 valence electrons. The molecule has 3 rings (SSSR count). The Labute approximate surface area is 142 Å². The van der Waals surface area contributed by atoms with Crippen LogP contribution in [0.4, 0.5) is 5.69 Å². The van der Waals surface area contributed by atoms with Crippen LogP contribution in [0.15, 0.2) is 41.3 Å². The second-order valence-electron chi connectivity index (χ2n) is 5.73. The summed E-state index contributed by atoms with van der Waals surface area (Å²) in [5, 5.41) is 0. The number of benzene rings is 2. The molecule has 2 aromatic carbocycles. The van der Waals surface area contributed by atoms with E-state index in [1.807, 2.05) is 24.3 Å². The van der Waals surface area contributed by atoms with Crippen LogP contribution in [-0.4, -0.2) is 29.2 Å². The van der Waals surface area contributed by atoms with Crippen molar-refractivity contribution < 1.29 is 17.9 Å². The molecule has 2 aromatic rings. The number of methoxy groups -OCH3 is 2. The summed E-state index contributed by atoms with van der Waals surface area (Å²) < 4.78 is 38.7. The summed E-state index contributed by atoms with van der Waals surface area (Å²) in [6, 6.07) is 10.9. The Hall–Kier alpha value is -2.21. The maximum atomic E-state index is 13.3. The summed E-state index contributed by atoms with van der Waals surface area (Å²) in [5.74, 6) is 0.933. The SMILES string of the molecule is COc1ccc(S(=O)(=O)N2CCCc3ccccc32)c(OC)c1C. The van der Waals surface area contributed by atoms with E-state index in [0.29, 0.717) is 23.6 Å². The van der Waals surface area contributed by atoms with Gasteiger partial charge in [0.1, 0.15) is 16.4 Å². The van der Waals surface area contributed by atoms with Gasteiger partial charge in [-0.15, -0.1) is 0 Å². The Kier molecular flexibility index (Phi) is 4.41. The molecule has 0 amide bonds. The fourth-order valence-corrected chi connectivity index (χ4v) is 4.95. The molecule has 0 saturated carbocycles. The highest BCUT2D eigenvalue weighted by molar-refractivity contribution is 7.93. The van der Waals surface area contributed by atoms with E-state index < -0.39 is 10.0 Å². The Balaban J connectivity index is 2.15. The quantitative estimate of drug-likeness (QED) is 0.852. The number of ether oxygens (including phenoxy) is 2. The van der Waals surface area contributed by atoms with Gasteiger partial charge in [-0.1, -0.05) is 18.2 Å². The first-order valence-corrected chi connectivity index (χ1v) is 9.27. The third-order valence-electron chi connectivity index (χ3n) is 4.38. The van der Waals surface area contributed by atoms with Gasteiger partial charge in [-0.3, -0.25) is 4.31 Å². The predicted octanol–water partition coefficient (Wildman–Crippen LogP) is 3.15. The van der Waals surface area contributed by atoms with Crippen LogP contribution < -0.4 is 13.8 Å². The van der Waals surface area contributed by atoms with E-state index in [9.17, 15) is 8.42 Å². The number of anilines is 1. The van der Waals surface area contributed by atoms with Gasteiger partial charge < -0.3 is 9.47 Å². The molecule has 1 aliphatic heterocycles. The first-order valence-electron chi connectivity index (χ1n) is 7.83. The molecule has 0 radical (unpaired) electrons. The molecule has 1 aliphatic rings. The summed E-state index contributed by atoms with van der Waals surface area (Å²) in [5.41, 5.74) is 2.47. The van der Waals surface area contributed by atoms with Crippen LogP contribution in [0.5, 0.6) is 11.5 Å². The van der Waals surface area contributed by atoms with Gasteiger partial charge in [0, 0.05) is 12.1 Å². The lowest BCUT2D eigenvalue weighted by molar-refractivity contribution is 0.380. The number of hydrogen-bond donors (Lipinski definition) is 0. The summed E-state index contributed by atoms with van der Waals surface area (Å²) >= 11 is 0. The molecule has 0 aliphatic carbocycles. The molecule has 24 heavy (non-hydrogen) atoms. The molecule has 6 heteroatoms. The standard InChI is InChI=1S/C18H21NO4S/c1-13-16(22-2)10-11-17(18(13)23-3)24(20,21)19-12-6-8-14-7-4-5-9-15(14)19/h4-5,7,9-11H,6,8,12H2,1-3H3. The van der Waals surface area contributed by atoms with Crippen LogP contribution in [0.25, 0.3) is 0 Å². The van der Waals surface area contributed by atoms with E-state index in [4.69, 9.17) is 9.47 Å². The van der Waals surface area contributed by atoms with E-state index in [1.54, 1.807) is 26.2 Å². The van der Waals surface area contributed by atoms with Crippen molar-refractivity contribution in [3.63, 3.8) is 0 Å². The third-order valence-corrected chi connectivity index (χ3v) is 6.22. The van der Waals surface area contributed by atoms with Crippen molar-refractivity contribution in [2.75, 3.05) is 25.1 Å². The van der Waals surface area contributed by atoms with E-state index >= 15 is 0 Å². The minimum absolute atomic E-state index is 0.167. The Morgan fingerprint density at radius 1 is 1.04 bits per heavy atom. The number of aryl methyl sites for hydroxylation is 1. The van der Waals surface area contributed by atoms with Crippen LogP contribution >= 0.6 is 0 Å². The lowest BCUT2D eigenvalue weighted by atomic mass is 10.0. The zero-order valence-electron chi connectivity index (χ0n) is 14.1. The summed E-state index contributed by atoms with van der Waals surface area (Å²) in [4.78, 5) is 0.167. The van der Waals surface area contributed by atoms with Crippen LogP contribution in [0.2, 0.25) is 0 Å². The van der Waals surface area contributed by atoms with Gasteiger partial charge in [-0.05, 0) is 43.5 Å². The van der Waals surface area contributed by atoms with Gasteiger partial charge >= 0.3 is 0 Å². The molecule has 0 atom stereocenters. The van der Waals surface area contributed by atoms with Crippen molar-refractivity contribution in [3.05, 3.63) is 47.5 Å². The van der Waals surface area contributed by atoms with E-state index in [1.165, 1.54) is 11.4 Å². The van der Waals surface area contributed by atoms with Crippen molar-refractivity contribution in [1.29, 1.82) is 0 Å². The normalized spacial score (nSPS) is 14.2. The minimum atomic E-state index is -3.71. The van der Waals surface area contributed by atoms with Gasteiger partial charge in [0.15, 0.2) is 0 Å². The third kappa shape index (κ3) is 2.60. The molecule has 0 saturated heterocycles. The van der Waals surface area contributed by atoms with Crippen LogP contribution in [0.1, 0.15) is 17.5 Å². The largest absolute Gasteiger partial charge is 0.496 e. The van der Waals surface area contributed by atoms with Crippen molar-refractivity contribution in [2.24, 2.45) is 0 Å². The smallest absolute Gasteiger partial charge is 0.268 e. The first-order chi connectivity index (χ1) is 11.5. The first kappa shape index (κ1) is 16.6. The highest BCUT2D eigenvalue weighted by atomic mass is 32.2. The van der Waals surface area contributed by atoms with Gasteiger partial charge in [-0.25, -0.2) is 8.42 Å². The number of nitrogens with zero attached hydrogens (tertiary/aromatic N) is 1. The van der Waals surface area contributed by atoms with Crippen molar-refractivity contribution in [1.82, 2.24) is 0 Å². The topological polar surface area (TPSA) is 55.8 Å². The molecule has 0 aromatic heterocycles. The zero-order chi connectivity index (χ0) is 17.3. The van der Waals surface area contributed by atoms with Gasteiger partial charge in [0.05, 0.1) is 19.9 Å². The van der Waals surface area contributed by atoms with Crippen molar-refractivity contribution in [3.8, 4) is 11.5 Å². The number of fused-ring (bicyclic) bond motifs is 1. The van der Waals surface area contributed by atoms with Gasteiger partial charge in [-0.2, -0.15) is 0 Å². The molecule has 0 N–H and O–H groups in total. The lowest BCUT2D eigenvalue weighted by Gasteiger charge is -2.31. The molecule has 0 unspecified atom stereocenters. The Bertz CT molecular complexity index is 861. The fourth-order valence-electron chi connectivity index (χ4n) is 3.19. The lowest BCUT2D eigenvalue weighted by Crippen LogP contribution is -2.35. The van der Waals surface area contributed by atoms with Gasteiger partial charge in [0.2, 0.25) is 0 Å². The van der Waals surface area contributed by atoms with E-state index in [0.717, 1.165) is 24.1 Å². The van der Waals surface area contributed by atoms with Crippen molar-refractivity contribution in [2.45, 2.75) is 24.7 Å². The Morgan fingerprint density at radius 3 is 2.50 bits per heavy atom. The van der Waals surface area contributed by atoms with Crippen LogP contribution in [0, 0.1) is 6.92 Å². The predicted molar refractivity (Wildman–Crippen MR) is 93.6 cm³/mol. The average Bonchev–Trinajstić information content (AvgIpc) is 2.60. The minimum Gasteiger partial charge on any atom is -0.496 e. The van der Waals surface area contributed by atoms with Gasteiger partial charge in [0.25, 0.3) is 10.0 Å². The monoisotopic (exact) mass is 347 g/mol. The molecule has 0 fully saturated rings. The fraction of sp³-hybridized carbons (Fsp3) is 0.333. The molecular weight excluding hydrogens is 326 g/mol. The highest BCUT2D eigenvalue weighted by Gasteiger charge is 2.32. The summed E-state index contributed by atoms with van der Waals surface area (Å²) in [6.07, 6.45) is 1.69. The highest BCUT2D eigenvalue weighted by Crippen LogP contribution is 2.38. The number of rotatable bonds is 4. The van der Waals surface area contributed by atoms with Crippen molar-refractivity contribution >= 4 is 15.7 Å². The maximum Gasteiger partial charge on any atom is 0.268 e. The molecule has 0 spiro atoms. The average molecular weight is 347 g/mol. The Morgan fingerprint density at radius 2 is 1.79 bits per heavy atom. The van der Waals surface area contributed by atoms with E-state index in [2.05, 4.69) is 0 Å². The molecular formula is C18H21NO4S. The van der Waals surface area contributed by atoms with Crippen LogP contribution in [-0.2, 0) is 16.4 Å².